The number of carbonyl (C=O) groups is 2. The van der Waals surface area contributed by atoms with Crippen molar-refractivity contribution < 1.29 is 29.6 Å². The van der Waals surface area contributed by atoms with Crippen molar-refractivity contribution in [2.24, 2.45) is 0 Å². The van der Waals surface area contributed by atoms with Crippen LogP contribution in [0.1, 0.15) is 37.4 Å². The van der Waals surface area contributed by atoms with Crippen molar-refractivity contribution in [1.82, 2.24) is 10.6 Å². The summed E-state index contributed by atoms with van der Waals surface area (Å²) in [7, 11) is 1.56. The molecule has 0 amide bonds. The molecule has 7 N–H and O–H groups in total. The number of phenolic OH excluding ortho intramolecular Hbond substituents is 1. The zero-order chi connectivity index (χ0) is 25.2. The van der Waals surface area contributed by atoms with Crippen molar-refractivity contribution in [3.8, 4) is 5.75 Å². The minimum Gasteiger partial charge on any atom is -0.507 e. The monoisotopic (exact) mass is 558 g/mol. The SMILES string of the molecule is COCCc1ccc(O)c2c1C(=O)c1c(NCCNCCO)ccc(NCCNCCO)c1C2=O.Cl.Cl. The van der Waals surface area contributed by atoms with Gasteiger partial charge in [0.15, 0.2) is 11.6 Å². The Kier molecular flexibility index (Phi) is 14.5. The van der Waals surface area contributed by atoms with E-state index in [2.05, 4.69) is 21.3 Å². The number of anilines is 2. The van der Waals surface area contributed by atoms with Crippen molar-refractivity contribution in [3.63, 3.8) is 0 Å². The second-order valence-electron chi connectivity index (χ2n) is 8.11. The van der Waals surface area contributed by atoms with E-state index in [1.807, 2.05) is 0 Å². The van der Waals surface area contributed by atoms with Gasteiger partial charge in [-0.15, -0.1) is 24.8 Å². The molecule has 0 unspecified atom stereocenters. The van der Waals surface area contributed by atoms with Gasteiger partial charge in [-0.3, -0.25) is 9.59 Å². The number of hydrogen-bond acceptors (Lipinski definition) is 10. The van der Waals surface area contributed by atoms with Gasteiger partial charge in [0.2, 0.25) is 0 Å². The smallest absolute Gasteiger partial charge is 0.200 e. The molecule has 0 fully saturated rings. The largest absolute Gasteiger partial charge is 0.507 e. The third-order valence-electron chi connectivity index (χ3n) is 5.77. The third-order valence-corrected chi connectivity index (χ3v) is 5.77. The van der Waals surface area contributed by atoms with Crippen LogP contribution in [0.4, 0.5) is 11.4 Å². The number of benzene rings is 2. The van der Waals surface area contributed by atoms with Gasteiger partial charge in [0, 0.05) is 63.3 Å². The summed E-state index contributed by atoms with van der Waals surface area (Å²) in [5.41, 5.74) is 2.38. The van der Waals surface area contributed by atoms with E-state index in [-0.39, 0.29) is 71.8 Å². The average Bonchev–Trinajstić information content (AvgIpc) is 2.86. The third kappa shape index (κ3) is 7.78. The number of fused-ring (bicyclic) bond motifs is 2. The van der Waals surface area contributed by atoms with Gasteiger partial charge >= 0.3 is 0 Å². The molecule has 0 aliphatic heterocycles. The molecule has 0 atom stereocenters. The minimum atomic E-state index is -0.417. The van der Waals surface area contributed by atoms with Gasteiger partial charge in [-0.05, 0) is 30.2 Å². The van der Waals surface area contributed by atoms with Crippen LogP contribution in [0.5, 0.6) is 5.75 Å². The normalized spacial score (nSPS) is 11.8. The van der Waals surface area contributed by atoms with Gasteiger partial charge in [0.05, 0.1) is 36.5 Å². The Bertz CT molecular complexity index is 1050. The van der Waals surface area contributed by atoms with Crippen molar-refractivity contribution in [1.29, 1.82) is 0 Å². The first-order chi connectivity index (χ1) is 17.0. The van der Waals surface area contributed by atoms with Crippen LogP contribution < -0.4 is 21.3 Å². The van der Waals surface area contributed by atoms with Gasteiger partial charge in [0.1, 0.15) is 5.75 Å². The maximum atomic E-state index is 13.9. The van der Waals surface area contributed by atoms with E-state index in [1.54, 1.807) is 25.3 Å². The molecule has 0 radical (unpaired) electrons. The Labute approximate surface area is 229 Å². The van der Waals surface area contributed by atoms with E-state index < -0.39 is 5.78 Å². The van der Waals surface area contributed by atoms with E-state index in [9.17, 15) is 14.7 Å². The van der Waals surface area contributed by atoms with Crippen LogP contribution in [-0.4, -0.2) is 93.1 Å². The minimum absolute atomic E-state index is 0. The fourth-order valence-electron chi connectivity index (χ4n) is 4.14. The molecule has 3 rings (SSSR count). The summed E-state index contributed by atoms with van der Waals surface area (Å²) in [5, 5.41) is 41.0. The molecular formula is C25H36Cl2N4O6. The maximum Gasteiger partial charge on any atom is 0.200 e. The van der Waals surface area contributed by atoms with Gasteiger partial charge in [-0.2, -0.15) is 0 Å². The number of halogens is 2. The van der Waals surface area contributed by atoms with Crippen LogP contribution in [0.3, 0.4) is 0 Å². The van der Waals surface area contributed by atoms with E-state index >= 15 is 0 Å². The van der Waals surface area contributed by atoms with E-state index in [1.165, 1.54) is 6.07 Å². The molecule has 206 valence electrons. The molecule has 0 aromatic heterocycles. The number of aliphatic hydroxyl groups excluding tert-OH is 2. The topological polar surface area (TPSA) is 152 Å². The molecule has 37 heavy (non-hydrogen) atoms. The number of hydrogen-bond donors (Lipinski definition) is 7. The maximum absolute atomic E-state index is 13.9. The number of carbonyl (C=O) groups excluding carboxylic acids is 2. The molecule has 0 saturated carbocycles. The summed E-state index contributed by atoms with van der Waals surface area (Å²) in [6, 6.07) is 6.61. The quantitative estimate of drug-likeness (QED) is 0.135. The molecule has 12 heteroatoms. The Morgan fingerprint density at radius 2 is 1.22 bits per heavy atom. The molecule has 0 saturated heterocycles. The van der Waals surface area contributed by atoms with E-state index in [4.69, 9.17) is 14.9 Å². The Morgan fingerprint density at radius 3 is 1.70 bits per heavy atom. The zero-order valence-electron chi connectivity index (χ0n) is 20.8. The summed E-state index contributed by atoms with van der Waals surface area (Å²) >= 11 is 0. The molecular weight excluding hydrogens is 523 g/mol. The van der Waals surface area contributed by atoms with Crippen LogP contribution in [0.15, 0.2) is 24.3 Å². The number of ether oxygens (including phenoxy) is 1. The van der Waals surface area contributed by atoms with Gasteiger partial charge in [-0.25, -0.2) is 0 Å². The number of rotatable bonds is 15. The summed E-state index contributed by atoms with van der Waals surface area (Å²) < 4.78 is 5.17. The fraction of sp³-hybridized carbons (Fsp3) is 0.440. The molecule has 2 aromatic rings. The van der Waals surface area contributed by atoms with Crippen LogP contribution in [0, 0.1) is 0 Å². The van der Waals surface area contributed by atoms with Crippen molar-refractivity contribution in [2.75, 3.05) is 76.8 Å². The summed E-state index contributed by atoms with van der Waals surface area (Å²) in [6.07, 6.45) is 0.426. The Balaban J connectivity index is 0.00000342. The molecule has 0 bridgehead atoms. The highest BCUT2D eigenvalue weighted by atomic mass is 35.5. The lowest BCUT2D eigenvalue weighted by Gasteiger charge is -2.26. The number of phenols is 1. The zero-order valence-corrected chi connectivity index (χ0v) is 22.4. The van der Waals surface area contributed by atoms with Crippen LogP contribution in [0.25, 0.3) is 0 Å². The highest BCUT2D eigenvalue weighted by molar-refractivity contribution is 6.33. The number of nitrogens with one attached hydrogen (secondary N) is 4. The van der Waals surface area contributed by atoms with Crippen LogP contribution in [-0.2, 0) is 11.2 Å². The van der Waals surface area contributed by atoms with Gasteiger partial charge < -0.3 is 41.3 Å². The molecule has 2 aromatic carbocycles. The highest BCUT2D eigenvalue weighted by Crippen LogP contribution is 2.40. The van der Waals surface area contributed by atoms with Gasteiger partial charge in [0.25, 0.3) is 0 Å². The fourth-order valence-corrected chi connectivity index (χ4v) is 4.14. The van der Waals surface area contributed by atoms with Crippen molar-refractivity contribution in [2.45, 2.75) is 6.42 Å². The second kappa shape index (κ2) is 16.4. The first-order valence-electron chi connectivity index (χ1n) is 11.8. The van der Waals surface area contributed by atoms with Crippen LogP contribution >= 0.6 is 24.8 Å². The molecule has 10 nitrogen and oxygen atoms in total. The highest BCUT2D eigenvalue weighted by Gasteiger charge is 2.37. The van der Waals surface area contributed by atoms with Gasteiger partial charge in [-0.1, -0.05) is 6.07 Å². The Morgan fingerprint density at radius 1 is 0.703 bits per heavy atom. The standard InChI is InChI=1S/C25H34N4O6.2ClH/c1-35-15-6-16-2-5-19(32)23-20(16)24(33)21-17(28-9-7-26-11-13-30)3-4-18(22(21)25(23)34)29-10-8-27-12-14-31;;/h2-5,26-32H,6-15H2,1H3;2*1H. The number of aromatic hydroxyl groups is 1. The first kappa shape index (κ1) is 32.6. The number of methoxy groups -OCH3 is 1. The average molecular weight is 559 g/mol. The molecule has 1 aliphatic rings. The first-order valence-corrected chi connectivity index (χ1v) is 11.8. The van der Waals surface area contributed by atoms with Crippen LogP contribution in [0.2, 0.25) is 0 Å². The summed E-state index contributed by atoms with van der Waals surface area (Å²) in [5.74, 6) is -0.976. The predicted molar refractivity (Wildman–Crippen MR) is 148 cm³/mol. The lowest BCUT2D eigenvalue weighted by atomic mass is 9.79. The molecule has 0 spiro atoms. The van der Waals surface area contributed by atoms with E-state index in [0.717, 1.165) is 0 Å². The number of ketones is 2. The Hall–Kier alpha value is -2.44. The van der Waals surface area contributed by atoms with Crippen molar-refractivity contribution in [3.05, 3.63) is 52.1 Å². The molecule has 1 aliphatic carbocycles. The van der Waals surface area contributed by atoms with E-state index in [0.29, 0.717) is 69.2 Å². The lowest BCUT2D eigenvalue weighted by molar-refractivity contribution is 0.0976. The second-order valence-corrected chi connectivity index (χ2v) is 8.11. The summed E-state index contributed by atoms with van der Waals surface area (Å²) in [4.78, 5) is 27.6. The molecule has 0 heterocycles. The summed E-state index contributed by atoms with van der Waals surface area (Å²) in [6.45, 7) is 3.40. The lowest BCUT2D eigenvalue weighted by Crippen LogP contribution is -2.29. The van der Waals surface area contributed by atoms with Crippen molar-refractivity contribution >= 4 is 47.8 Å². The number of aliphatic hydroxyl groups is 2. The predicted octanol–water partition coefficient (Wildman–Crippen LogP) is 1.19.